The summed E-state index contributed by atoms with van der Waals surface area (Å²) in [5, 5.41) is 16.7. The number of hydrogen-bond donors (Lipinski definition) is 0. The number of esters is 1. The Morgan fingerprint density at radius 2 is 1.56 bits per heavy atom. The Balaban J connectivity index is 0.00000225. The van der Waals surface area contributed by atoms with Crippen molar-refractivity contribution in [2.75, 3.05) is 13.1 Å². The number of carbonyl (C=O) groups is 3. The van der Waals surface area contributed by atoms with Gasteiger partial charge in [0.2, 0.25) is 0 Å². The second-order valence-corrected chi connectivity index (χ2v) is 10.3. The molecule has 11 heteroatoms. The summed E-state index contributed by atoms with van der Waals surface area (Å²) in [5.74, 6) is 0.358. The zero-order valence-corrected chi connectivity index (χ0v) is 36.6. The van der Waals surface area contributed by atoms with Crippen molar-refractivity contribution in [1.82, 2.24) is 4.90 Å². The minimum absolute atomic E-state index is 0. The number of benzene rings is 2. The molecule has 1 unspecified atom stereocenters. The van der Waals surface area contributed by atoms with Crippen LogP contribution in [0.5, 0.6) is 5.75 Å². The molecule has 0 aliphatic carbocycles. The summed E-state index contributed by atoms with van der Waals surface area (Å²) in [5.41, 5.74) is 0.353. The molecule has 2 aromatic rings. The molecule has 1 fully saturated rings. The zero-order chi connectivity index (χ0) is 27.6. The second kappa shape index (κ2) is 18.8. The maximum atomic E-state index is 12.7. The van der Waals surface area contributed by atoms with Crippen LogP contribution in [0, 0.1) is 0 Å². The van der Waals surface area contributed by atoms with Gasteiger partial charge in [-0.05, 0) is 76.9 Å². The molecule has 0 N–H and O–H groups in total. The fourth-order valence-corrected chi connectivity index (χ4v) is 3.81. The number of hydrogen-bond acceptors (Lipinski definition) is 8. The largest absolute Gasteiger partial charge is 1.00 e. The van der Waals surface area contributed by atoms with Gasteiger partial charge >= 0.3 is 150 Å². The molecule has 0 spiro atoms. The monoisotopic (exact) mass is 779 g/mol. The Morgan fingerprint density at radius 1 is 0.949 bits per heavy atom. The van der Waals surface area contributed by atoms with Crippen molar-refractivity contribution in [1.29, 1.82) is 0 Å². The van der Waals surface area contributed by atoms with Crippen molar-refractivity contribution in [3.63, 3.8) is 0 Å². The third-order valence-electron chi connectivity index (χ3n) is 5.48. The Bertz CT molecular complexity index is 1050. The molecule has 1 aliphatic rings. The number of carboxylic acid groups (broad SMARTS) is 2. The van der Waals surface area contributed by atoms with Crippen LogP contribution in [0.25, 0.3) is 0 Å². The predicted molar refractivity (Wildman–Crippen MR) is 133 cm³/mol. The average molecular weight is 779 g/mol. The molecule has 1 heterocycles. The SMILES string of the molecule is CC(C)(C)OC(=O)N1CCCC(c2cccc(OC(C)(C)C(=O)OCc3ccccc3)c2)C1.O=C([O-])[O-].[Cs+].[Cs+]. The number of nitrogens with zero attached hydrogens (tertiary/aromatic N) is 1. The molecule has 1 atom stereocenters. The van der Waals surface area contributed by atoms with E-state index in [1.54, 1.807) is 18.7 Å². The van der Waals surface area contributed by atoms with Crippen LogP contribution in [0.3, 0.4) is 0 Å². The fraction of sp³-hybridized carbons (Fsp3) is 0.464. The maximum Gasteiger partial charge on any atom is 1.00 e. The van der Waals surface area contributed by atoms with Crippen LogP contribution in [-0.4, -0.2) is 47.4 Å². The molecule has 0 radical (unpaired) electrons. The third-order valence-corrected chi connectivity index (χ3v) is 5.48. The van der Waals surface area contributed by atoms with Crippen LogP contribution in [-0.2, 0) is 20.9 Å². The number of rotatable bonds is 6. The van der Waals surface area contributed by atoms with E-state index < -0.39 is 23.3 Å². The van der Waals surface area contributed by atoms with Crippen molar-refractivity contribution in [2.45, 2.75) is 71.2 Å². The average Bonchev–Trinajstić information content (AvgIpc) is 2.82. The normalized spacial score (nSPS) is 14.8. The predicted octanol–water partition coefficient (Wildman–Crippen LogP) is -2.74. The van der Waals surface area contributed by atoms with Gasteiger partial charge in [0.1, 0.15) is 18.0 Å². The Kier molecular flexibility index (Phi) is 19.0. The smallest absolute Gasteiger partial charge is 0.652 e. The molecular formula is C28H35Cs2NO8. The van der Waals surface area contributed by atoms with Crippen LogP contribution in [0.15, 0.2) is 54.6 Å². The summed E-state index contributed by atoms with van der Waals surface area (Å²) in [6, 6.07) is 17.3. The molecule has 1 aliphatic heterocycles. The number of likely N-dealkylation sites (tertiary alicyclic amines) is 1. The molecule has 2 aromatic carbocycles. The van der Waals surface area contributed by atoms with Crippen molar-refractivity contribution in [3.8, 4) is 5.75 Å². The standard InChI is InChI=1S/C27H35NO5.CH2O3.2Cs/c1-26(2,3)33-25(30)28-16-10-14-22(18-28)21-13-9-15-23(17-21)32-27(4,5)24(29)31-19-20-11-7-6-8-12-20;2-1(3)4;;/h6-9,11-13,15,17,22H,10,14,16,18-19H2,1-5H3;(H2,2,3,4);;/q;;2*+1/p-2. The Morgan fingerprint density at radius 3 is 2.15 bits per heavy atom. The summed E-state index contributed by atoms with van der Waals surface area (Å²) < 4.78 is 17.1. The van der Waals surface area contributed by atoms with Crippen LogP contribution < -0.4 is 153 Å². The van der Waals surface area contributed by atoms with Crippen molar-refractivity contribution < 1.29 is 177 Å². The molecule has 0 aromatic heterocycles. The van der Waals surface area contributed by atoms with E-state index in [-0.39, 0.29) is 156 Å². The molecule has 1 amide bonds. The molecule has 9 nitrogen and oxygen atoms in total. The molecular weight excluding hydrogens is 744 g/mol. The first-order chi connectivity index (χ1) is 17.3. The maximum absolute atomic E-state index is 12.7. The van der Waals surface area contributed by atoms with E-state index in [1.807, 2.05) is 75.4 Å². The van der Waals surface area contributed by atoms with Gasteiger partial charge in [-0.2, -0.15) is 0 Å². The minimum Gasteiger partial charge on any atom is -0.652 e. The summed E-state index contributed by atoms with van der Waals surface area (Å²) >= 11 is 0. The van der Waals surface area contributed by atoms with Crippen LogP contribution >= 0.6 is 0 Å². The van der Waals surface area contributed by atoms with Gasteiger partial charge in [-0.25, -0.2) is 9.59 Å². The fourth-order valence-electron chi connectivity index (χ4n) is 3.81. The number of ether oxygens (including phenoxy) is 3. The summed E-state index contributed by atoms with van der Waals surface area (Å²) in [6.45, 7) is 10.5. The van der Waals surface area contributed by atoms with Crippen molar-refractivity contribution in [3.05, 3.63) is 65.7 Å². The molecule has 1 saturated heterocycles. The van der Waals surface area contributed by atoms with E-state index in [0.29, 0.717) is 18.8 Å². The second-order valence-electron chi connectivity index (χ2n) is 10.3. The van der Waals surface area contributed by atoms with E-state index in [1.165, 1.54) is 0 Å². The van der Waals surface area contributed by atoms with Crippen molar-refractivity contribution in [2.24, 2.45) is 0 Å². The first-order valence-electron chi connectivity index (χ1n) is 12.1. The van der Waals surface area contributed by atoms with Gasteiger partial charge < -0.3 is 34.1 Å². The van der Waals surface area contributed by atoms with Crippen molar-refractivity contribution >= 4 is 18.2 Å². The van der Waals surface area contributed by atoms with E-state index in [9.17, 15) is 9.59 Å². The van der Waals surface area contributed by atoms with Gasteiger partial charge in [-0.1, -0.05) is 42.5 Å². The van der Waals surface area contributed by atoms with Gasteiger partial charge in [0, 0.05) is 19.0 Å². The number of piperidine rings is 1. The molecule has 39 heavy (non-hydrogen) atoms. The molecule has 0 saturated carbocycles. The minimum atomic E-state index is -2.33. The van der Waals surface area contributed by atoms with E-state index in [4.69, 9.17) is 29.2 Å². The summed E-state index contributed by atoms with van der Waals surface area (Å²) in [6.07, 6.45) is -0.723. The summed E-state index contributed by atoms with van der Waals surface area (Å²) in [7, 11) is 0. The van der Waals surface area contributed by atoms with Crippen LogP contribution in [0.4, 0.5) is 9.59 Å². The molecule has 3 rings (SSSR count). The quantitative estimate of drug-likeness (QED) is 0.290. The Labute approximate surface area is 348 Å². The molecule has 202 valence electrons. The topological polar surface area (TPSA) is 128 Å². The van der Waals surface area contributed by atoms with E-state index >= 15 is 0 Å². The first-order valence-corrected chi connectivity index (χ1v) is 12.1. The zero-order valence-electron chi connectivity index (χ0n) is 24.0. The van der Waals surface area contributed by atoms with Crippen LogP contribution in [0.1, 0.15) is 64.5 Å². The number of carbonyl (C=O) groups excluding carboxylic acids is 3. The summed E-state index contributed by atoms with van der Waals surface area (Å²) in [4.78, 5) is 35.3. The van der Waals surface area contributed by atoms with Gasteiger partial charge in [-0.3, -0.25) is 0 Å². The van der Waals surface area contributed by atoms with Gasteiger partial charge in [0.25, 0.3) is 0 Å². The van der Waals surface area contributed by atoms with E-state index in [0.717, 1.165) is 24.0 Å². The van der Waals surface area contributed by atoms with Gasteiger partial charge in [0.15, 0.2) is 5.60 Å². The first kappa shape index (κ1) is 39.4. The number of amides is 1. The van der Waals surface area contributed by atoms with Gasteiger partial charge in [-0.15, -0.1) is 0 Å². The molecule has 0 bridgehead atoms. The van der Waals surface area contributed by atoms with Crippen LogP contribution in [0.2, 0.25) is 0 Å². The third kappa shape index (κ3) is 15.4. The van der Waals surface area contributed by atoms with E-state index in [2.05, 4.69) is 0 Å². The van der Waals surface area contributed by atoms with Gasteiger partial charge in [0.05, 0.1) is 0 Å². The Hall–Kier alpha value is 0.354.